The van der Waals surface area contributed by atoms with Crippen molar-refractivity contribution < 1.29 is 37.5 Å². The minimum absolute atomic E-state index is 0.0329. The number of amides is 4. The number of aromatic hydroxyl groups is 1. The van der Waals surface area contributed by atoms with Crippen LogP contribution < -0.4 is 5.43 Å². The monoisotopic (exact) mass is 804 g/mol. The third-order valence-corrected chi connectivity index (χ3v) is 11.6. The molecule has 3 aromatic rings. The van der Waals surface area contributed by atoms with E-state index < -0.39 is 69.1 Å². The van der Waals surface area contributed by atoms with Crippen molar-refractivity contribution in [1.29, 1.82) is 0 Å². The van der Waals surface area contributed by atoms with Crippen LogP contribution in [-0.4, -0.2) is 49.2 Å². The average molecular weight is 806 g/mol. The molecule has 0 radical (unpaired) electrons. The molecule has 2 saturated heterocycles. The number of nitrogens with zero attached hydrogens (tertiary/aromatic N) is 3. The number of hydrogen-bond donors (Lipinski definition) is 2. The Hall–Kier alpha value is -3.94. The molecule has 6 atom stereocenters. The highest BCUT2D eigenvalue weighted by atomic mass is 79.9. The van der Waals surface area contributed by atoms with E-state index in [0.717, 1.165) is 0 Å². The van der Waals surface area contributed by atoms with Gasteiger partial charge in [0.25, 0.3) is 11.8 Å². The molecule has 51 heavy (non-hydrogen) atoms. The summed E-state index contributed by atoms with van der Waals surface area (Å²) in [5, 5.41) is 12.0. The SMILES string of the molecule is CC(C)(C)N1C(=O)C2CC=C3C(CC4C(=O)N(Nc5ncc(C(F)(F)F)cc5Cl)C(=O)C4(c4ccc(Cl)cc4)C3c3cc(Br)ccc3O)C2C1=O. The van der Waals surface area contributed by atoms with Gasteiger partial charge in [-0.2, -0.15) is 18.2 Å². The molecule has 2 aliphatic heterocycles. The Bertz CT molecular complexity index is 2050. The number of aromatic nitrogens is 1. The summed E-state index contributed by atoms with van der Waals surface area (Å²) in [6, 6.07) is 11.7. The second-order valence-corrected chi connectivity index (χ2v) is 16.1. The van der Waals surface area contributed by atoms with E-state index in [1.54, 1.807) is 57.2 Å². The lowest BCUT2D eigenvalue weighted by Crippen LogP contribution is -2.53. The second-order valence-electron chi connectivity index (χ2n) is 14.3. The minimum Gasteiger partial charge on any atom is -0.508 e. The van der Waals surface area contributed by atoms with Crippen LogP contribution in [0, 0.1) is 23.7 Å². The van der Waals surface area contributed by atoms with E-state index in [9.17, 15) is 32.7 Å². The van der Waals surface area contributed by atoms with Crippen molar-refractivity contribution in [3.8, 4) is 5.75 Å². The van der Waals surface area contributed by atoms with Crippen molar-refractivity contribution in [2.24, 2.45) is 23.7 Å². The summed E-state index contributed by atoms with van der Waals surface area (Å²) in [7, 11) is 0. The highest BCUT2D eigenvalue weighted by Crippen LogP contribution is 2.65. The van der Waals surface area contributed by atoms with Crippen LogP contribution >= 0.6 is 39.1 Å². The first-order valence-corrected chi connectivity index (χ1v) is 17.6. The molecule has 4 amide bonds. The molecule has 2 aliphatic carbocycles. The van der Waals surface area contributed by atoms with Gasteiger partial charge in [0.2, 0.25) is 11.8 Å². The Morgan fingerprint density at radius 2 is 1.65 bits per heavy atom. The molecule has 0 bridgehead atoms. The van der Waals surface area contributed by atoms with Crippen LogP contribution in [0.3, 0.4) is 0 Å². The molecule has 3 heterocycles. The first kappa shape index (κ1) is 35.5. The Kier molecular flexibility index (Phi) is 8.39. The molecule has 2 N–H and O–H groups in total. The van der Waals surface area contributed by atoms with Crippen LogP contribution in [0.2, 0.25) is 10.0 Å². The Morgan fingerprint density at radius 3 is 2.27 bits per heavy atom. The van der Waals surface area contributed by atoms with Crippen LogP contribution in [0.15, 0.2) is 70.8 Å². The fourth-order valence-corrected chi connectivity index (χ4v) is 9.26. The highest BCUT2D eigenvalue weighted by Gasteiger charge is 2.71. The molecular weight excluding hydrogens is 776 g/mol. The molecule has 15 heteroatoms. The van der Waals surface area contributed by atoms with Gasteiger partial charge in [0.1, 0.15) is 5.75 Å². The molecular formula is C36H30BrCl2F3N4O5. The van der Waals surface area contributed by atoms with Gasteiger partial charge >= 0.3 is 6.18 Å². The number of hydrogen-bond acceptors (Lipinski definition) is 7. The van der Waals surface area contributed by atoms with E-state index in [0.29, 0.717) is 37.9 Å². The van der Waals surface area contributed by atoms with E-state index in [4.69, 9.17) is 23.2 Å². The lowest BCUT2D eigenvalue weighted by molar-refractivity contribution is -0.146. The number of phenols is 1. The van der Waals surface area contributed by atoms with Gasteiger partial charge in [-0.25, -0.2) is 4.98 Å². The topological polar surface area (TPSA) is 120 Å². The number of carbonyl (C=O) groups is 4. The first-order chi connectivity index (χ1) is 23.9. The lowest BCUT2D eigenvalue weighted by atomic mass is 9.49. The number of halogens is 6. The Balaban J connectivity index is 1.45. The molecule has 1 saturated carbocycles. The van der Waals surface area contributed by atoms with Crippen molar-refractivity contribution in [3.63, 3.8) is 0 Å². The summed E-state index contributed by atoms with van der Waals surface area (Å²) in [6.45, 7) is 5.31. The van der Waals surface area contributed by atoms with Gasteiger partial charge in [-0.1, -0.05) is 62.9 Å². The van der Waals surface area contributed by atoms with E-state index >= 15 is 4.79 Å². The van der Waals surface area contributed by atoms with Gasteiger partial charge in [-0.3, -0.25) is 29.5 Å². The summed E-state index contributed by atoms with van der Waals surface area (Å²) in [4.78, 5) is 62.9. The third kappa shape index (κ3) is 5.37. The third-order valence-electron chi connectivity index (χ3n) is 10.5. The van der Waals surface area contributed by atoms with Gasteiger partial charge in [-0.15, -0.1) is 0 Å². The first-order valence-electron chi connectivity index (χ1n) is 16.1. The van der Waals surface area contributed by atoms with E-state index in [-0.39, 0.29) is 41.8 Å². The van der Waals surface area contributed by atoms with Crippen molar-refractivity contribution >= 4 is 68.6 Å². The smallest absolute Gasteiger partial charge is 0.417 e. The number of carbonyl (C=O) groups excluding carboxylic acids is 4. The number of hydrazine groups is 1. The molecule has 9 nitrogen and oxygen atoms in total. The number of allylic oxidation sites excluding steroid dienone is 2. The molecule has 7 rings (SSSR count). The number of anilines is 1. The van der Waals surface area contributed by atoms with Crippen molar-refractivity contribution in [2.45, 2.75) is 56.7 Å². The minimum atomic E-state index is -4.75. The lowest BCUT2D eigenvalue weighted by Gasteiger charge is -2.50. The molecule has 266 valence electrons. The number of likely N-dealkylation sites (tertiary alicyclic amines) is 1. The van der Waals surface area contributed by atoms with Gasteiger partial charge in [0.05, 0.1) is 33.8 Å². The Labute approximate surface area is 308 Å². The second kappa shape index (κ2) is 12.1. The summed E-state index contributed by atoms with van der Waals surface area (Å²) in [5.74, 6) is -7.24. The fraction of sp³-hybridized carbons (Fsp3) is 0.361. The summed E-state index contributed by atoms with van der Waals surface area (Å²) in [5.41, 5.74) is 0.163. The molecule has 6 unspecified atom stereocenters. The van der Waals surface area contributed by atoms with Gasteiger partial charge in [-0.05, 0) is 81.5 Å². The number of nitrogens with one attached hydrogen (secondary N) is 1. The summed E-state index contributed by atoms with van der Waals surface area (Å²) < 4.78 is 40.8. The highest BCUT2D eigenvalue weighted by molar-refractivity contribution is 9.10. The summed E-state index contributed by atoms with van der Waals surface area (Å²) >= 11 is 16.0. The zero-order valence-corrected chi connectivity index (χ0v) is 30.4. The molecule has 3 fully saturated rings. The maximum Gasteiger partial charge on any atom is 0.417 e. The van der Waals surface area contributed by atoms with Crippen molar-refractivity contribution in [1.82, 2.24) is 14.9 Å². The predicted octanol–water partition coefficient (Wildman–Crippen LogP) is 7.66. The number of fused-ring (bicyclic) bond motifs is 4. The van der Waals surface area contributed by atoms with Crippen LogP contribution in [0.1, 0.15) is 56.2 Å². The normalized spacial score (nSPS) is 27.7. The number of benzene rings is 2. The van der Waals surface area contributed by atoms with E-state index in [2.05, 4.69) is 26.3 Å². The van der Waals surface area contributed by atoms with E-state index in [1.807, 2.05) is 6.08 Å². The van der Waals surface area contributed by atoms with E-state index in [1.165, 1.54) is 11.0 Å². The quantitative estimate of drug-likeness (QED) is 0.205. The van der Waals surface area contributed by atoms with Gasteiger partial charge < -0.3 is 5.11 Å². The molecule has 4 aliphatic rings. The maximum absolute atomic E-state index is 15.2. The summed E-state index contributed by atoms with van der Waals surface area (Å²) in [6.07, 6.45) is -2.20. The van der Waals surface area contributed by atoms with Crippen LogP contribution in [0.5, 0.6) is 5.75 Å². The standard InChI is InChI=1S/C36H30BrCl2F3N4O5/c1-34(2,3)45-30(48)21-10-9-20-22(27(21)32(45)50)14-24-31(49)46(44-29-25(39)12-17(15-43-29)36(40,41)42)33(51)35(24,16-4-7-19(38)8-5-16)28(20)23-13-18(37)6-11-26(23)47/h4-9,11-13,15,21-22,24,27-28,47H,10,14H2,1-3H3,(H,43,44). The van der Waals surface area contributed by atoms with Crippen LogP contribution in [0.25, 0.3) is 0 Å². The number of imide groups is 2. The van der Waals surface area contributed by atoms with Gasteiger partial charge in [0, 0.05) is 32.7 Å². The Morgan fingerprint density at radius 1 is 0.961 bits per heavy atom. The largest absolute Gasteiger partial charge is 0.508 e. The molecule has 1 aromatic heterocycles. The fourth-order valence-electron chi connectivity index (χ4n) is 8.55. The number of rotatable bonds is 4. The van der Waals surface area contributed by atoms with Crippen LogP contribution in [-0.2, 0) is 30.8 Å². The zero-order chi connectivity index (χ0) is 36.9. The molecule has 2 aromatic carbocycles. The maximum atomic E-state index is 15.2. The number of alkyl halides is 3. The zero-order valence-electron chi connectivity index (χ0n) is 27.3. The molecule has 0 spiro atoms. The van der Waals surface area contributed by atoms with Gasteiger partial charge in [0.15, 0.2) is 5.82 Å². The predicted molar refractivity (Wildman–Crippen MR) is 184 cm³/mol. The van der Waals surface area contributed by atoms with Crippen molar-refractivity contribution in [2.75, 3.05) is 5.43 Å². The average Bonchev–Trinajstić information content (AvgIpc) is 3.44. The van der Waals surface area contributed by atoms with Crippen LogP contribution in [0.4, 0.5) is 19.0 Å². The number of phenolic OH excluding ortho intramolecular Hbond substituents is 1. The van der Waals surface area contributed by atoms with Crippen molar-refractivity contribution in [3.05, 3.63) is 97.6 Å². The number of pyridine rings is 1.